The molecule has 4 rings (SSSR count). The second kappa shape index (κ2) is 10.3. The molecule has 5 nitrogen and oxygen atoms in total. The van der Waals surface area contributed by atoms with E-state index in [4.69, 9.17) is 4.43 Å². The van der Waals surface area contributed by atoms with Gasteiger partial charge in [0.05, 0.1) is 17.0 Å². The van der Waals surface area contributed by atoms with Gasteiger partial charge in [0.15, 0.2) is 8.32 Å². The monoisotopic (exact) mass is 519 g/mol. The molecule has 36 heavy (non-hydrogen) atoms. The molecular formula is C29H33NO4SSi. The van der Waals surface area contributed by atoms with Crippen LogP contribution in [0.1, 0.15) is 18.1 Å². The van der Waals surface area contributed by atoms with Crippen LogP contribution in [0.3, 0.4) is 0 Å². The zero-order valence-corrected chi connectivity index (χ0v) is 22.9. The van der Waals surface area contributed by atoms with Gasteiger partial charge in [0.2, 0.25) is 10.0 Å². The average molecular weight is 520 g/mol. The van der Waals surface area contributed by atoms with Crippen LogP contribution in [0, 0.1) is 0 Å². The maximum absolute atomic E-state index is 14.0. The van der Waals surface area contributed by atoms with E-state index in [9.17, 15) is 13.5 Å². The molecule has 188 valence electrons. The van der Waals surface area contributed by atoms with Crippen LogP contribution < -0.4 is 4.72 Å². The summed E-state index contributed by atoms with van der Waals surface area (Å²) in [6.45, 7) is 7.96. The van der Waals surface area contributed by atoms with E-state index in [1.165, 1.54) is 0 Å². The molecule has 0 aromatic heterocycles. The summed E-state index contributed by atoms with van der Waals surface area (Å²) in [5, 5.41) is 14.0. The van der Waals surface area contributed by atoms with Crippen molar-refractivity contribution in [1.29, 1.82) is 0 Å². The molecule has 0 spiro atoms. The van der Waals surface area contributed by atoms with Crippen molar-refractivity contribution in [2.24, 2.45) is 0 Å². The Morgan fingerprint density at radius 3 is 1.83 bits per heavy atom. The van der Waals surface area contributed by atoms with Crippen LogP contribution >= 0.6 is 0 Å². The lowest BCUT2D eigenvalue weighted by molar-refractivity contribution is -0.000958. The van der Waals surface area contributed by atoms with Crippen molar-refractivity contribution in [3.8, 4) is 0 Å². The van der Waals surface area contributed by atoms with E-state index in [1.807, 2.05) is 111 Å². The van der Waals surface area contributed by atoms with Crippen LogP contribution in [-0.4, -0.2) is 34.0 Å². The van der Waals surface area contributed by atoms with Crippen molar-refractivity contribution < 1.29 is 18.0 Å². The molecule has 2 N–H and O–H groups in total. The van der Waals surface area contributed by atoms with Gasteiger partial charge >= 0.3 is 0 Å². The van der Waals surface area contributed by atoms with E-state index in [2.05, 4.69) is 4.72 Å². The lowest BCUT2D eigenvalue weighted by Gasteiger charge is -2.42. The molecule has 0 bridgehead atoms. The summed E-state index contributed by atoms with van der Waals surface area (Å²) in [6.07, 6.45) is -0.633. The van der Waals surface area contributed by atoms with Crippen molar-refractivity contribution in [2.75, 3.05) is 0 Å². The average Bonchev–Trinajstić information content (AvgIpc) is 2.86. The number of rotatable bonds is 9. The molecule has 0 aliphatic rings. The number of fused-ring (bicyclic) bond motifs is 1. The van der Waals surface area contributed by atoms with Crippen LogP contribution in [0.25, 0.3) is 10.8 Å². The van der Waals surface area contributed by atoms with E-state index in [-0.39, 0.29) is 4.90 Å². The summed E-state index contributed by atoms with van der Waals surface area (Å²) in [7, 11) is -6.17. The minimum Gasteiger partial charge on any atom is -0.413 e. The molecular weight excluding hydrogens is 486 g/mol. The number of sulfonamides is 1. The highest BCUT2D eigenvalue weighted by Crippen LogP contribution is 2.37. The van der Waals surface area contributed by atoms with Gasteiger partial charge < -0.3 is 9.53 Å². The first kappa shape index (κ1) is 26.3. The molecule has 4 aromatic carbocycles. The maximum Gasteiger partial charge on any atom is 0.241 e. The molecule has 4 aromatic rings. The molecule has 2 atom stereocenters. The molecule has 0 radical (unpaired) electrons. The normalized spacial score (nSPS) is 14.5. The first-order valence-electron chi connectivity index (χ1n) is 12.0. The minimum atomic E-state index is -4.06. The third kappa shape index (κ3) is 5.45. The quantitative estimate of drug-likeness (QED) is 0.280. The third-order valence-corrected chi connectivity index (χ3v) is 8.79. The Morgan fingerprint density at radius 2 is 1.28 bits per heavy atom. The molecule has 0 amide bonds. The Labute approximate surface area is 215 Å². The largest absolute Gasteiger partial charge is 0.413 e. The minimum absolute atomic E-state index is 0.161. The van der Waals surface area contributed by atoms with Gasteiger partial charge in [-0.2, -0.15) is 0 Å². The second-order valence-corrected chi connectivity index (χ2v) is 16.2. The summed E-state index contributed by atoms with van der Waals surface area (Å²) < 4.78 is 37.2. The summed E-state index contributed by atoms with van der Waals surface area (Å²) >= 11 is 0. The standard InChI is InChI=1S/C29H33NO4SSi/c1-22(34-36(2,3)4)28(29(31,24-16-7-5-8-17-24)25-18-9-6-10-19-25)30-35(32,33)27-21-13-15-23-14-11-12-20-26(23)27/h5-22,28,30-31H,1-4H3. The highest BCUT2D eigenvalue weighted by atomic mass is 32.2. The van der Waals surface area contributed by atoms with Crippen molar-refractivity contribution in [3.05, 3.63) is 114 Å². The van der Waals surface area contributed by atoms with Gasteiger partial charge in [-0.1, -0.05) is 97.1 Å². The van der Waals surface area contributed by atoms with Gasteiger partial charge in [0, 0.05) is 5.39 Å². The van der Waals surface area contributed by atoms with Crippen LogP contribution in [0.15, 0.2) is 108 Å². The van der Waals surface area contributed by atoms with Crippen molar-refractivity contribution in [2.45, 2.75) is 49.2 Å². The molecule has 0 aliphatic heterocycles. The Bertz CT molecular complexity index is 1380. The van der Waals surface area contributed by atoms with E-state index in [1.54, 1.807) is 18.2 Å². The topological polar surface area (TPSA) is 75.6 Å². The molecule has 0 saturated heterocycles. The van der Waals surface area contributed by atoms with Crippen LogP contribution in [0.4, 0.5) is 0 Å². The Kier molecular flexibility index (Phi) is 7.50. The zero-order valence-electron chi connectivity index (χ0n) is 21.0. The maximum atomic E-state index is 14.0. The fourth-order valence-corrected chi connectivity index (χ4v) is 7.53. The van der Waals surface area contributed by atoms with Crippen molar-refractivity contribution in [3.63, 3.8) is 0 Å². The Balaban J connectivity index is 1.90. The van der Waals surface area contributed by atoms with E-state index >= 15 is 0 Å². The fourth-order valence-electron chi connectivity index (χ4n) is 4.72. The van der Waals surface area contributed by atoms with Crippen molar-refractivity contribution >= 4 is 29.1 Å². The number of aliphatic hydroxyl groups is 1. The Hall–Kier alpha value is -2.81. The fraction of sp³-hybridized carbons (Fsp3) is 0.241. The van der Waals surface area contributed by atoms with Crippen LogP contribution in [0.2, 0.25) is 19.6 Å². The summed E-state index contributed by atoms with van der Waals surface area (Å²) in [4.78, 5) is 0.161. The van der Waals surface area contributed by atoms with Gasteiger partial charge in [0.1, 0.15) is 5.60 Å². The van der Waals surface area contributed by atoms with Gasteiger partial charge in [-0.15, -0.1) is 0 Å². The summed E-state index contributed by atoms with van der Waals surface area (Å²) in [5.74, 6) is 0. The number of nitrogens with one attached hydrogen (secondary N) is 1. The lowest BCUT2D eigenvalue weighted by Crippen LogP contribution is -2.58. The molecule has 0 saturated carbocycles. The van der Waals surface area contributed by atoms with Crippen LogP contribution in [0.5, 0.6) is 0 Å². The predicted molar refractivity (Wildman–Crippen MR) is 148 cm³/mol. The highest BCUT2D eigenvalue weighted by Gasteiger charge is 2.46. The van der Waals surface area contributed by atoms with Crippen LogP contribution in [-0.2, 0) is 20.1 Å². The summed E-state index contributed by atoms with van der Waals surface area (Å²) in [6, 6.07) is 29.9. The molecule has 0 aliphatic carbocycles. The van der Waals surface area contributed by atoms with Gasteiger partial charge in [0.25, 0.3) is 0 Å². The lowest BCUT2D eigenvalue weighted by atomic mass is 9.78. The van der Waals surface area contributed by atoms with E-state index in [0.29, 0.717) is 16.5 Å². The number of hydrogen-bond donors (Lipinski definition) is 2. The van der Waals surface area contributed by atoms with E-state index in [0.717, 1.165) is 5.39 Å². The molecule has 2 unspecified atom stereocenters. The summed E-state index contributed by atoms with van der Waals surface area (Å²) in [5.41, 5.74) is -0.542. The predicted octanol–water partition coefficient (Wildman–Crippen LogP) is 5.66. The molecule has 0 heterocycles. The molecule has 7 heteroatoms. The SMILES string of the molecule is CC(O[Si](C)(C)C)C(NS(=O)(=O)c1cccc2ccccc12)C(O)(c1ccccc1)c1ccccc1. The number of hydrogen-bond acceptors (Lipinski definition) is 4. The van der Waals surface area contributed by atoms with Gasteiger partial charge in [-0.25, -0.2) is 13.1 Å². The smallest absolute Gasteiger partial charge is 0.241 e. The van der Waals surface area contributed by atoms with Gasteiger partial charge in [-0.05, 0) is 49.1 Å². The highest BCUT2D eigenvalue weighted by molar-refractivity contribution is 7.89. The van der Waals surface area contributed by atoms with Gasteiger partial charge in [-0.3, -0.25) is 0 Å². The first-order valence-corrected chi connectivity index (χ1v) is 16.9. The van der Waals surface area contributed by atoms with E-state index < -0.39 is 36.1 Å². The third-order valence-electron chi connectivity index (χ3n) is 6.21. The Morgan fingerprint density at radius 1 is 0.778 bits per heavy atom. The number of benzene rings is 4. The van der Waals surface area contributed by atoms with Crippen molar-refractivity contribution in [1.82, 2.24) is 4.72 Å². The molecule has 0 fully saturated rings. The first-order chi connectivity index (χ1) is 17.0. The second-order valence-electron chi connectivity index (χ2n) is 10.0. The zero-order chi connectivity index (χ0) is 26.0.